The van der Waals surface area contributed by atoms with Gasteiger partial charge in [0.15, 0.2) is 0 Å². The van der Waals surface area contributed by atoms with E-state index < -0.39 is 0 Å². The number of nitrogens with two attached hydrogens (primary N) is 1. The molecule has 2 rings (SSSR count). The van der Waals surface area contributed by atoms with Gasteiger partial charge < -0.3 is 11.1 Å². The van der Waals surface area contributed by atoms with Gasteiger partial charge in [0.1, 0.15) is 4.99 Å². The van der Waals surface area contributed by atoms with E-state index >= 15 is 0 Å². The van der Waals surface area contributed by atoms with Crippen LogP contribution < -0.4 is 11.1 Å². The van der Waals surface area contributed by atoms with Crippen molar-refractivity contribution in [1.82, 2.24) is 0 Å². The second-order valence-corrected chi connectivity index (χ2v) is 6.87. The summed E-state index contributed by atoms with van der Waals surface area (Å²) in [5.41, 5.74) is 7.25. The SMILES string of the molecule is NC(=S)c1cc(Br)ccc1NC(=O)c1cc(Cl)cc(Br)c1. The molecule has 0 spiro atoms. The number of hydrogen-bond donors (Lipinski definition) is 2. The summed E-state index contributed by atoms with van der Waals surface area (Å²) in [5.74, 6) is -0.293. The minimum absolute atomic E-state index is 0.207. The Labute approximate surface area is 149 Å². The fourth-order valence-corrected chi connectivity index (χ4v) is 3.10. The molecule has 0 atom stereocenters. The first-order valence-corrected chi connectivity index (χ1v) is 8.11. The summed E-state index contributed by atoms with van der Waals surface area (Å²) in [7, 11) is 0. The number of carbonyl (C=O) groups is 1. The van der Waals surface area contributed by atoms with Crippen molar-refractivity contribution in [2.75, 3.05) is 5.32 Å². The van der Waals surface area contributed by atoms with Crippen molar-refractivity contribution in [3.63, 3.8) is 0 Å². The lowest BCUT2D eigenvalue weighted by atomic mass is 10.1. The van der Waals surface area contributed by atoms with E-state index in [1.807, 2.05) is 0 Å². The Hall–Kier alpha value is -0.950. The van der Waals surface area contributed by atoms with E-state index in [0.29, 0.717) is 21.8 Å². The third-order valence-corrected chi connectivity index (χ3v) is 4.01. The van der Waals surface area contributed by atoms with Crippen molar-refractivity contribution in [1.29, 1.82) is 0 Å². The maximum atomic E-state index is 12.3. The molecule has 0 aliphatic heterocycles. The lowest BCUT2D eigenvalue weighted by molar-refractivity contribution is 0.102. The summed E-state index contributed by atoms with van der Waals surface area (Å²) < 4.78 is 1.55. The normalized spacial score (nSPS) is 10.2. The van der Waals surface area contributed by atoms with Gasteiger partial charge in [-0.05, 0) is 36.4 Å². The number of amides is 1. The predicted octanol–water partition coefficient (Wildman–Crippen LogP) is 4.75. The number of rotatable bonds is 3. The molecule has 0 aromatic heterocycles. The van der Waals surface area contributed by atoms with Gasteiger partial charge in [-0.3, -0.25) is 4.79 Å². The largest absolute Gasteiger partial charge is 0.389 e. The van der Waals surface area contributed by atoms with Crippen LogP contribution in [0.3, 0.4) is 0 Å². The highest BCUT2D eigenvalue weighted by molar-refractivity contribution is 9.10. The van der Waals surface area contributed by atoms with E-state index in [9.17, 15) is 4.79 Å². The van der Waals surface area contributed by atoms with Crippen LogP contribution in [0.4, 0.5) is 5.69 Å². The molecule has 0 aliphatic rings. The topological polar surface area (TPSA) is 55.1 Å². The first kappa shape index (κ1) is 16.4. The van der Waals surface area contributed by atoms with Crippen LogP contribution in [0.2, 0.25) is 5.02 Å². The first-order valence-electron chi connectivity index (χ1n) is 5.73. The third-order valence-electron chi connectivity index (χ3n) is 2.62. The van der Waals surface area contributed by atoms with Crippen LogP contribution in [0.15, 0.2) is 45.3 Å². The van der Waals surface area contributed by atoms with Gasteiger partial charge in [-0.15, -0.1) is 0 Å². The molecule has 0 aliphatic carbocycles. The van der Waals surface area contributed by atoms with Gasteiger partial charge in [-0.1, -0.05) is 55.7 Å². The maximum Gasteiger partial charge on any atom is 0.255 e. The highest BCUT2D eigenvalue weighted by Crippen LogP contribution is 2.24. The van der Waals surface area contributed by atoms with Gasteiger partial charge in [0.25, 0.3) is 5.91 Å². The number of carbonyl (C=O) groups excluding carboxylic acids is 1. The lowest BCUT2D eigenvalue weighted by Crippen LogP contribution is -2.17. The first-order chi connectivity index (χ1) is 9.86. The fourth-order valence-electron chi connectivity index (χ4n) is 1.71. The summed E-state index contributed by atoms with van der Waals surface area (Å²) in [6.07, 6.45) is 0. The Morgan fingerprint density at radius 1 is 1.14 bits per heavy atom. The Kier molecular flexibility index (Phi) is 5.37. The molecule has 21 heavy (non-hydrogen) atoms. The zero-order valence-corrected chi connectivity index (χ0v) is 15.2. The van der Waals surface area contributed by atoms with Gasteiger partial charge in [-0.2, -0.15) is 0 Å². The average Bonchev–Trinajstić information content (AvgIpc) is 2.39. The van der Waals surface area contributed by atoms with Crippen molar-refractivity contribution >= 4 is 72.3 Å². The van der Waals surface area contributed by atoms with Crippen LogP contribution in [-0.2, 0) is 0 Å². The minimum atomic E-state index is -0.293. The van der Waals surface area contributed by atoms with Crippen molar-refractivity contribution in [3.05, 3.63) is 61.5 Å². The van der Waals surface area contributed by atoms with Crippen LogP contribution >= 0.6 is 55.7 Å². The van der Waals surface area contributed by atoms with E-state index in [-0.39, 0.29) is 10.9 Å². The predicted molar refractivity (Wildman–Crippen MR) is 97.1 cm³/mol. The van der Waals surface area contributed by atoms with Crippen LogP contribution in [0.25, 0.3) is 0 Å². The van der Waals surface area contributed by atoms with E-state index in [4.69, 9.17) is 29.6 Å². The molecule has 0 heterocycles. The van der Waals surface area contributed by atoms with Crippen LogP contribution in [0.5, 0.6) is 0 Å². The second-order valence-electron chi connectivity index (χ2n) is 4.17. The van der Waals surface area contributed by atoms with Crippen LogP contribution in [0.1, 0.15) is 15.9 Å². The van der Waals surface area contributed by atoms with E-state index in [1.165, 1.54) is 0 Å². The number of hydrogen-bond acceptors (Lipinski definition) is 2. The van der Waals surface area contributed by atoms with Gasteiger partial charge in [-0.25, -0.2) is 0 Å². The van der Waals surface area contributed by atoms with Crippen LogP contribution in [0, 0.1) is 0 Å². The molecular weight excluding hydrogens is 439 g/mol. The third kappa shape index (κ3) is 4.26. The molecule has 2 aromatic carbocycles. The Bertz CT molecular complexity index is 717. The molecule has 0 fully saturated rings. The number of nitrogens with one attached hydrogen (secondary N) is 1. The van der Waals surface area contributed by atoms with Gasteiger partial charge in [0.2, 0.25) is 0 Å². The monoisotopic (exact) mass is 446 g/mol. The molecule has 1 amide bonds. The summed E-state index contributed by atoms with van der Waals surface area (Å²) in [5, 5.41) is 3.26. The molecule has 3 N–H and O–H groups in total. The minimum Gasteiger partial charge on any atom is -0.389 e. The Morgan fingerprint density at radius 3 is 2.48 bits per heavy atom. The molecule has 0 radical (unpaired) electrons. The zero-order chi connectivity index (χ0) is 15.6. The summed E-state index contributed by atoms with van der Waals surface area (Å²) in [6.45, 7) is 0. The van der Waals surface area contributed by atoms with Gasteiger partial charge in [0, 0.05) is 25.1 Å². The molecule has 2 aromatic rings. The number of halogens is 3. The Morgan fingerprint density at radius 2 is 1.86 bits per heavy atom. The molecular formula is C14H9Br2ClN2OS. The maximum absolute atomic E-state index is 12.3. The molecule has 3 nitrogen and oxygen atoms in total. The smallest absolute Gasteiger partial charge is 0.255 e. The standard InChI is InChI=1S/C14H9Br2ClN2OS/c15-8-1-2-12(11(6-8)13(18)21)19-14(20)7-3-9(16)5-10(17)4-7/h1-6H,(H2,18,21)(H,19,20). The quantitative estimate of drug-likeness (QED) is 0.666. The molecule has 0 saturated heterocycles. The molecule has 108 valence electrons. The average molecular weight is 449 g/mol. The number of benzene rings is 2. The van der Waals surface area contributed by atoms with Gasteiger partial charge >= 0.3 is 0 Å². The molecule has 0 saturated carbocycles. The molecule has 0 unspecified atom stereocenters. The van der Waals surface area contributed by atoms with Crippen molar-refractivity contribution in [3.8, 4) is 0 Å². The summed E-state index contributed by atoms with van der Waals surface area (Å²) >= 11 is 17.6. The highest BCUT2D eigenvalue weighted by Gasteiger charge is 2.12. The lowest BCUT2D eigenvalue weighted by Gasteiger charge is -2.11. The van der Waals surface area contributed by atoms with Gasteiger partial charge in [0.05, 0.1) is 5.69 Å². The van der Waals surface area contributed by atoms with Crippen LogP contribution in [-0.4, -0.2) is 10.9 Å². The van der Waals surface area contributed by atoms with Crippen molar-refractivity contribution < 1.29 is 4.79 Å². The van der Waals surface area contributed by atoms with Crippen molar-refractivity contribution in [2.24, 2.45) is 5.73 Å². The van der Waals surface area contributed by atoms with E-state index in [0.717, 1.165) is 8.95 Å². The van der Waals surface area contributed by atoms with E-state index in [2.05, 4.69) is 37.2 Å². The molecule has 7 heteroatoms. The highest BCUT2D eigenvalue weighted by atomic mass is 79.9. The fraction of sp³-hybridized carbons (Fsp3) is 0. The van der Waals surface area contributed by atoms with E-state index in [1.54, 1.807) is 36.4 Å². The zero-order valence-electron chi connectivity index (χ0n) is 10.5. The number of anilines is 1. The summed E-state index contributed by atoms with van der Waals surface area (Å²) in [4.78, 5) is 12.5. The molecule has 0 bridgehead atoms. The Balaban J connectivity index is 2.33. The number of thiocarbonyl (C=S) groups is 1. The second kappa shape index (κ2) is 6.87. The summed E-state index contributed by atoms with van der Waals surface area (Å²) in [6, 6.07) is 10.3. The van der Waals surface area contributed by atoms with Crippen molar-refractivity contribution in [2.45, 2.75) is 0 Å².